The van der Waals surface area contributed by atoms with E-state index in [1.807, 2.05) is 6.92 Å². The molecule has 0 aromatic rings. The van der Waals surface area contributed by atoms with Crippen LogP contribution in [0, 0.1) is 11.3 Å². The Bertz CT molecular complexity index is 491. The molecule has 0 aromatic carbocycles. The molecule has 150 valence electrons. The molecule has 0 heterocycles. The van der Waals surface area contributed by atoms with Crippen molar-refractivity contribution in [1.29, 1.82) is 0 Å². The van der Waals surface area contributed by atoms with Crippen molar-refractivity contribution in [3.8, 4) is 0 Å². The number of nitrogens with one attached hydrogen (secondary N) is 2. The van der Waals surface area contributed by atoms with Crippen molar-refractivity contribution in [2.24, 2.45) is 16.3 Å². The minimum Gasteiger partial charge on any atom is -0.381 e. The van der Waals surface area contributed by atoms with E-state index in [0.717, 1.165) is 44.6 Å². The fourth-order valence-electron chi connectivity index (χ4n) is 2.09. The Labute approximate surface area is 170 Å². The topological polar surface area (TPSA) is 79.8 Å². The first-order chi connectivity index (χ1) is 11.2. The van der Waals surface area contributed by atoms with Gasteiger partial charge >= 0.3 is 0 Å². The van der Waals surface area contributed by atoms with Gasteiger partial charge in [-0.2, -0.15) is 0 Å². The molecular formula is C17H36IN3O3S. The molecule has 0 atom stereocenters. The summed E-state index contributed by atoms with van der Waals surface area (Å²) in [5.41, 5.74) is -0.140. The van der Waals surface area contributed by atoms with Gasteiger partial charge in [-0.15, -0.1) is 24.0 Å². The Morgan fingerprint density at radius 3 is 2.52 bits per heavy atom. The predicted molar refractivity (Wildman–Crippen MR) is 116 cm³/mol. The van der Waals surface area contributed by atoms with Gasteiger partial charge < -0.3 is 15.4 Å². The predicted octanol–water partition coefficient (Wildman–Crippen LogP) is 2.44. The zero-order chi connectivity index (χ0) is 18.1. The summed E-state index contributed by atoms with van der Waals surface area (Å²) in [5, 5.41) is 6.54. The van der Waals surface area contributed by atoms with Crippen molar-refractivity contribution in [3.63, 3.8) is 0 Å². The second-order valence-electron chi connectivity index (χ2n) is 7.54. The Kier molecular flexibility index (Phi) is 12.3. The maximum atomic E-state index is 11.3. The minimum absolute atomic E-state index is 0. The van der Waals surface area contributed by atoms with Crippen molar-refractivity contribution >= 4 is 39.8 Å². The molecule has 1 rings (SSSR count). The molecule has 0 saturated heterocycles. The molecule has 0 amide bonds. The fraction of sp³-hybridized carbons (Fsp3) is 0.941. The van der Waals surface area contributed by atoms with Crippen LogP contribution >= 0.6 is 24.0 Å². The summed E-state index contributed by atoms with van der Waals surface area (Å²) < 4.78 is 28.3. The molecule has 0 radical (unpaired) electrons. The molecule has 0 bridgehead atoms. The molecule has 8 heteroatoms. The highest BCUT2D eigenvalue weighted by atomic mass is 127. The lowest BCUT2D eigenvalue weighted by molar-refractivity contribution is 0.123. The Morgan fingerprint density at radius 2 is 1.96 bits per heavy atom. The molecule has 2 N–H and O–H groups in total. The van der Waals surface area contributed by atoms with Gasteiger partial charge in [0.05, 0.1) is 5.75 Å². The summed E-state index contributed by atoms with van der Waals surface area (Å²) in [4.78, 5) is 4.60. The van der Waals surface area contributed by atoms with E-state index in [-0.39, 0.29) is 35.1 Å². The van der Waals surface area contributed by atoms with Gasteiger partial charge in [0.2, 0.25) is 0 Å². The van der Waals surface area contributed by atoms with Crippen LogP contribution in [0.2, 0.25) is 0 Å². The summed E-state index contributed by atoms with van der Waals surface area (Å²) in [6, 6.07) is 0. The smallest absolute Gasteiger partial charge is 0.191 e. The monoisotopic (exact) mass is 489 g/mol. The molecular weight excluding hydrogens is 453 g/mol. The number of aliphatic imine (C=N–C) groups is 1. The standard InChI is InChI=1S/C17H35N3O3S.HI/c1-5-18-16(19-10-6-11-23-13-15-7-8-15)20-14-17(2,3)9-12-24(4,21)22;/h15H,5-14H2,1-4H3,(H2,18,19,20);1H. The van der Waals surface area contributed by atoms with Crippen LogP contribution < -0.4 is 10.6 Å². The number of rotatable bonds is 12. The molecule has 1 aliphatic carbocycles. The van der Waals surface area contributed by atoms with Gasteiger partial charge in [-0.05, 0) is 43.9 Å². The number of hydrogen-bond acceptors (Lipinski definition) is 4. The summed E-state index contributed by atoms with van der Waals surface area (Å²) >= 11 is 0. The summed E-state index contributed by atoms with van der Waals surface area (Å²) in [6.07, 6.45) is 5.50. The first-order valence-electron chi connectivity index (χ1n) is 8.99. The zero-order valence-electron chi connectivity index (χ0n) is 16.1. The largest absolute Gasteiger partial charge is 0.381 e. The van der Waals surface area contributed by atoms with Crippen LogP contribution in [0.4, 0.5) is 0 Å². The van der Waals surface area contributed by atoms with Gasteiger partial charge in [0, 0.05) is 39.1 Å². The van der Waals surface area contributed by atoms with Crippen LogP contribution in [0.15, 0.2) is 4.99 Å². The number of hydrogen-bond donors (Lipinski definition) is 2. The van der Waals surface area contributed by atoms with E-state index in [0.29, 0.717) is 13.0 Å². The van der Waals surface area contributed by atoms with E-state index in [4.69, 9.17) is 4.74 Å². The lowest BCUT2D eigenvalue weighted by Crippen LogP contribution is -2.39. The van der Waals surface area contributed by atoms with Crippen LogP contribution in [0.1, 0.15) is 46.5 Å². The van der Waals surface area contributed by atoms with Gasteiger partial charge in [-0.1, -0.05) is 13.8 Å². The number of sulfone groups is 1. The highest BCUT2D eigenvalue weighted by Gasteiger charge is 2.21. The third-order valence-corrected chi connectivity index (χ3v) is 4.91. The SMILES string of the molecule is CCNC(=NCC(C)(C)CCS(C)(=O)=O)NCCCOCC1CC1.I. The van der Waals surface area contributed by atoms with Crippen LogP contribution in [-0.2, 0) is 14.6 Å². The summed E-state index contributed by atoms with van der Waals surface area (Å²) in [7, 11) is -2.92. The van der Waals surface area contributed by atoms with Crippen molar-refractivity contribution in [2.45, 2.75) is 46.5 Å². The lowest BCUT2D eigenvalue weighted by atomic mass is 9.90. The van der Waals surface area contributed by atoms with Crippen LogP contribution in [0.5, 0.6) is 0 Å². The second kappa shape index (κ2) is 12.3. The zero-order valence-corrected chi connectivity index (χ0v) is 19.3. The van der Waals surface area contributed by atoms with Gasteiger partial charge in [0.1, 0.15) is 9.84 Å². The highest BCUT2D eigenvalue weighted by molar-refractivity contribution is 14.0. The molecule has 0 aliphatic heterocycles. The Morgan fingerprint density at radius 1 is 1.28 bits per heavy atom. The second-order valence-corrected chi connectivity index (χ2v) is 9.80. The van der Waals surface area contributed by atoms with Crippen LogP contribution in [-0.4, -0.2) is 59.2 Å². The molecule has 0 spiro atoms. The van der Waals surface area contributed by atoms with Gasteiger partial charge in [0.15, 0.2) is 5.96 Å². The van der Waals surface area contributed by atoms with Gasteiger partial charge in [-0.3, -0.25) is 4.99 Å². The quantitative estimate of drug-likeness (QED) is 0.191. The number of guanidine groups is 1. The van der Waals surface area contributed by atoms with Crippen molar-refractivity contribution in [2.75, 3.05) is 44.9 Å². The summed E-state index contributed by atoms with van der Waals surface area (Å²) in [5.74, 6) is 1.80. The average Bonchev–Trinajstić information content (AvgIpc) is 3.30. The molecule has 0 unspecified atom stereocenters. The van der Waals surface area contributed by atoms with E-state index >= 15 is 0 Å². The molecule has 0 aromatic heterocycles. The minimum atomic E-state index is -2.92. The molecule has 1 fully saturated rings. The van der Waals surface area contributed by atoms with Crippen LogP contribution in [0.3, 0.4) is 0 Å². The summed E-state index contributed by atoms with van der Waals surface area (Å²) in [6.45, 7) is 10.0. The fourth-order valence-corrected chi connectivity index (χ4v) is 3.01. The highest BCUT2D eigenvalue weighted by Crippen LogP contribution is 2.28. The van der Waals surface area contributed by atoms with E-state index < -0.39 is 9.84 Å². The number of halogens is 1. The normalized spacial score (nSPS) is 15.6. The maximum Gasteiger partial charge on any atom is 0.191 e. The van der Waals surface area contributed by atoms with Crippen molar-refractivity contribution in [3.05, 3.63) is 0 Å². The number of nitrogens with zero attached hydrogens (tertiary/aromatic N) is 1. The van der Waals surface area contributed by atoms with Gasteiger partial charge in [-0.25, -0.2) is 8.42 Å². The Balaban J connectivity index is 0.00000576. The first-order valence-corrected chi connectivity index (χ1v) is 11.1. The van der Waals surface area contributed by atoms with Gasteiger partial charge in [0.25, 0.3) is 0 Å². The average molecular weight is 489 g/mol. The first kappa shape index (κ1) is 24.9. The van der Waals surface area contributed by atoms with Crippen LogP contribution in [0.25, 0.3) is 0 Å². The molecule has 6 nitrogen and oxygen atoms in total. The lowest BCUT2D eigenvalue weighted by Gasteiger charge is -2.22. The Hall–Kier alpha value is -0.0900. The molecule has 25 heavy (non-hydrogen) atoms. The molecule has 1 saturated carbocycles. The van der Waals surface area contributed by atoms with Crippen molar-refractivity contribution in [1.82, 2.24) is 10.6 Å². The van der Waals surface area contributed by atoms with E-state index in [1.165, 1.54) is 19.1 Å². The third-order valence-electron chi connectivity index (χ3n) is 3.97. The van der Waals surface area contributed by atoms with Crippen molar-refractivity contribution < 1.29 is 13.2 Å². The van der Waals surface area contributed by atoms with E-state index in [1.54, 1.807) is 0 Å². The molecule has 1 aliphatic rings. The van der Waals surface area contributed by atoms with E-state index in [2.05, 4.69) is 29.5 Å². The number of ether oxygens (including phenoxy) is 1. The van der Waals surface area contributed by atoms with E-state index in [9.17, 15) is 8.42 Å². The maximum absolute atomic E-state index is 11.3. The third kappa shape index (κ3) is 14.7.